The number of ether oxygens (including phenoxy) is 1. The average molecular weight is 561 g/mol. The van der Waals surface area contributed by atoms with Crippen molar-refractivity contribution in [1.82, 2.24) is 14.9 Å². The molecule has 2 rings (SSSR count). The van der Waals surface area contributed by atoms with E-state index in [9.17, 15) is 8.42 Å². The Morgan fingerprint density at radius 3 is 2.32 bits per heavy atom. The maximum Gasteiger partial charge on any atom is 0.242 e. The Morgan fingerprint density at radius 2 is 1.74 bits per heavy atom. The van der Waals surface area contributed by atoms with Crippen LogP contribution in [0.5, 0.6) is 5.75 Å². The Labute approximate surface area is 203 Å². The van der Waals surface area contributed by atoms with Gasteiger partial charge in [-0.05, 0) is 50.1 Å². The number of hydrogen-bond acceptors (Lipinski definition) is 4. The van der Waals surface area contributed by atoms with Crippen molar-refractivity contribution >= 4 is 40.0 Å². The first kappa shape index (κ1) is 27.2. The van der Waals surface area contributed by atoms with Crippen LogP contribution in [0, 0.1) is 6.92 Å². The number of nitrogens with zero attached hydrogens (tertiary/aromatic N) is 2. The number of halogens is 1. The fraction of sp³-hybridized carbons (Fsp3) is 0.409. The van der Waals surface area contributed by atoms with E-state index in [0.717, 1.165) is 23.4 Å². The van der Waals surface area contributed by atoms with Crippen molar-refractivity contribution in [2.45, 2.75) is 38.3 Å². The van der Waals surface area contributed by atoms with Crippen LogP contribution in [-0.4, -0.2) is 52.0 Å². The highest BCUT2D eigenvalue weighted by Crippen LogP contribution is 2.17. The van der Waals surface area contributed by atoms with Crippen LogP contribution < -0.4 is 15.4 Å². The summed E-state index contributed by atoms with van der Waals surface area (Å²) in [5.41, 5.74) is 2.03. The largest absolute Gasteiger partial charge is 0.489 e. The van der Waals surface area contributed by atoms with E-state index in [2.05, 4.69) is 15.6 Å². The van der Waals surface area contributed by atoms with Crippen LogP contribution in [0.2, 0.25) is 0 Å². The molecule has 0 heterocycles. The molecule has 0 aliphatic carbocycles. The zero-order valence-electron chi connectivity index (χ0n) is 18.8. The molecule has 0 spiro atoms. The summed E-state index contributed by atoms with van der Waals surface area (Å²) < 4.78 is 31.5. The maximum absolute atomic E-state index is 12.2. The van der Waals surface area contributed by atoms with Gasteiger partial charge in [-0.3, -0.25) is 0 Å². The summed E-state index contributed by atoms with van der Waals surface area (Å²) in [5, 5.41) is 6.51. The number of para-hydroxylation sites is 1. The van der Waals surface area contributed by atoms with Crippen LogP contribution in [0.3, 0.4) is 0 Å². The molecule has 31 heavy (non-hydrogen) atoms. The van der Waals surface area contributed by atoms with E-state index in [1.807, 2.05) is 45.0 Å². The SMILES string of the molecule is CCNC(=NCc1ccc(S(=O)(=O)N(C)C)cc1)NCC(C)Oc1ccccc1C.I. The number of benzene rings is 2. The van der Waals surface area contributed by atoms with Crippen molar-refractivity contribution in [1.29, 1.82) is 0 Å². The second-order valence-corrected chi connectivity index (χ2v) is 9.35. The summed E-state index contributed by atoms with van der Waals surface area (Å²) in [6, 6.07) is 14.7. The highest BCUT2D eigenvalue weighted by Gasteiger charge is 2.16. The second kappa shape index (κ2) is 12.9. The fourth-order valence-corrected chi connectivity index (χ4v) is 3.58. The summed E-state index contributed by atoms with van der Waals surface area (Å²) in [7, 11) is -0.383. The smallest absolute Gasteiger partial charge is 0.242 e. The monoisotopic (exact) mass is 560 g/mol. The molecule has 0 aromatic heterocycles. The maximum atomic E-state index is 12.2. The Morgan fingerprint density at radius 1 is 1.10 bits per heavy atom. The number of rotatable bonds is 9. The van der Waals surface area contributed by atoms with Gasteiger partial charge in [-0.2, -0.15) is 0 Å². The van der Waals surface area contributed by atoms with Crippen LogP contribution in [0.15, 0.2) is 58.4 Å². The van der Waals surface area contributed by atoms with Gasteiger partial charge in [-0.1, -0.05) is 30.3 Å². The lowest BCUT2D eigenvalue weighted by atomic mass is 10.2. The van der Waals surface area contributed by atoms with E-state index in [-0.39, 0.29) is 35.0 Å². The Kier molecular flexibility index (Phi) is 11.3. The average Bonchev–Trinajstić information content (AvgIpc) is 2.72. The molecule has 7 nitrogen and oxygen atoms in total. The second-order valence-electron chi connectivity index (χ2n) is 7.20. The molecule has 0 aliphatic rings. The highest BCUT2D eigenvalue weighted by molar-refractivity contribution is 14.0. The Balaban J connectivity index is 0.00000480. The Bertz CT molecular complexity index is 947. The third kappa shape index (κ3) is 8.30. The minimum atomic E-state index is -3.42. The first-order chi connectivity index (χ1) is 14.2. The molecule has 2 aromatic rings. The van der Waals surface area contributed by atoms with Gasteiger partial charge in [0.05, 0.1) is 18.0 Å². The summed E-state index contributed by atoms with van der Waals surface area (Å²) in [6.07, 6.45) is -0.0366. The first-order valence-electron chi connectivity index (χ1n) is 10.00. The molecule has 0 bridgehead atoms. The number of guanidine groups is 1. The van der Waals surface area contributed by atoms with Gasteiger partial charge in [0.15, 0.2) is 5.96 Å². The van der Waals surface area contributed by atoms with Gasteiger partial charge < -0.3 is 15.4 Å². The normalized spacial score (nSPS) is 12.8. The fourth-order valence-electron chi connectivity index (χ4n) is 2.68. The quantitative estimate of drug-likeness (QED) is 0.279. The molecule has 172 valence electrons. The molecule has 0 radical (unpaired) electrons. The van der Waals surface area contributed by atoms with E-state index < -0.39 is 10.0 Å². The molecule has 0 saturated heterocycles. The van der Waals surface area contributed by atoms with Gasteiger partial charge >= 0.3 is 0 Å². The third-order valence-corrected chi connectivity index (χ3v) is 6.27. The van der Waals surface area contributed by atoms with Gasteiger partial charge in [-0.15, -0.1) is 24.0 Å². The van der Waals surface area contributed by atoms with Crippen molar-refractivity contribution in [3.05, 3.63) is 59.7 Å². The van der Waals surface area contributed by atoms with E-state index >= 15 is 0 Å². The standard InChI is InChI=1S/C22H32N4O3S.HI/c1-6-23-22(24-15-18(3)29-21-10-8-7-9-17(21)2)25-16-19-11-13-20(14-12-19)30(27,28)26(4)5;/h7-14,18H,6,15-16H2,1-5H3,(H2,23,24,25);1H. The number of hydrogen-bond donors (Lipinski definition) is 2. The topological polar surface area (TPSA) is 83.0 Å². The van der Waals surface area contributed by atoms with E-state index in [4.69, 9.17) is 4.74 Å². The van der Waals surface area contributed by atoms with Gasteiger partial charge in [0.1, 0.15) is 11.9 Å². The van der Waals surface area contributed by atoms with Crippen molar-refractivity contribution in [3.63, 3.8) is 0 Å². The van der Waals surface area contributed by atoms with Gasteiger partial charge in [0.2, 0.25) is 10.0 Å². The van der Waals surface area contributed by atoms with E-state index in [1.54, 1.807) is 24.3 Å². The molecule has 1 unspecified atom stereocenters. The molecular weight excluding hydrogens is 527 g/mol. The van der Waals surface area contributed by atoms with Crippen molar-refractivity contribution in [3.8, 4) is 5.75 Å². The number of aliphatic imine (C=N–C) groups is 1. The zero-order chi connectivity index (χ0) is 22.1. The summed E-state index contributed by atoms with van der Waals surface area (Å²) >= 11 is 0. The lowest BCUT2D eigenvalue weighted by molar-refractivity contribution is 0.222. The summed E-state index contributed by atoms with van der Waals surface area (Å²) in [4.78, 5) is 4.86. The van der Waals surface area contributed by atoms with Gasteiger partial charge in [-0.25, -0.2) is 17.7 Å². The molecule has 0 amide bonds. The molecular formula is C22H33IN4O3S. The zero-order valence-corrected chi connectivity index (χ0v) is 21.9. The van der Waals surface area contributed by atoms with Crippen LogP contribution in [0.1, 0.15) is 25.0 Å². The molecule has 0 saturated carbocycles. The predicted octanol–water partition coefficient (Wildman–Crippen LogP) is 3.39. The molecule has 1 atom stereocenters. The van der Waals surface area contributed by atoms with Crippen LogP contribution in [0.25, 0.3) is 0 Å². The van der Waals surface area contributed by atoms with Crippen LogP contribution in [-0.2, 0) is 16.6 Å². The van der Waals surface area contributed by atoms with Crippen molar-refractivity contribution < 1.29 is 13.2 Å². The molecule has 0 aliphatic heterocycles. The summed E-state index contributed by atoms with van der Waals surface area (Å²) in [6.45, 7) is 7.80. The third-order valence-electron chi connectivity index (χ3n) is 4.44. The predicted molar refractivity (Wildman–Crippen MR) is 137 cm³/mol. The first-order valence-corrected chi connectivity index (χ1v) is 11.4. The minimum absolute atomic E-state index is 0. The molecule has 9 heteroatoms. The van der Waals surface area contributed by atoms with Crippen molar-refractivity contribution in [2.75, 3.05) is 27.2 Å². The summed E-state index contributed by atoms with van der Waals surface area (Å²) in [5.74, 6) is 1.56. The number of sulfonamides is 1. The van der Waals surface area contributed by atoms with Crippen LogP contribution in [0.4, 0.5) is 0 Å². The van der Waals surface area contributed by atoms with Gasteiger partial charge in [0, 0.05) is 20.6 Å². The minimum Gasteiger partial charge on any atom is -0.489 e. The highest BCUT2D eigenvalue weighted by atomic mass is 127. The lowest BCUT2D eigenvalue weighted by Gasteiger charge is -2.18. The van der Waals surface area contributed by atoms with E-state index in [1.165, 1.54) is 18.4 Å². The number of aryl methyl sites for hydroxylation is 1. The lowest BCUT2D eigenvalue weighted by Crippen LogP contribution is -2.41. The van der Waals surface area contributed by atoms with Crippen molar-refractivity contribution in [2.24, 2.45) is 4.99 Å². The molecule has 2 N–H and O–H groups in total. The Hall–Kier alpha value is -1.85. The molecule has 2 aromatic carbocycles. The number of nitrogens with one attached hydrogen (secondary N) is 2. The van der Waals surface area contributed by atoms with E-state index in [0.29, 0.717) is 19.0 Å². The van der Waals surface area contributed by atoms with Crippen LogP contribution >= 0.6 is 24.0 Å². The molecule has 0 fully saturated rings. The van der Waals surface area contributed by atoms with Gasteiger partial charge in [0.25, 0.3) is 0 Å².